The van der Waals surface area contributed by atoms with Crippen molar-refractivity contribution in [2.45, 2.75) is 12.5 Å². The third-order valence-corrected chi connectivity index (χ3v) is 3.39. The summed E-state index contributed by atoms with van der Waals surface area (Å²) in [7, 11) is 0. The highest BCUT2D eigenvalue weighted by atomic mass is 16.5. The molecule has 21 heavy (non-hydrogen) atoms. The van der Waals surface area contributed by atoms with E-state index in [-0.39, 0.29) is 37.4 Å². The van der Waals surface area contributed by atoms with Crippen LogP contribution in [-0.2, 0) is 20.7 Å². The lowest BCUT2D eigenvalue weighted by molar-refractivity contribution is -0.132. The van der Waals surface area contributed by atoms with Gasteiger partial charge in [-0.1, -0.05) is 30.3 Å². The van der Waals surface area contributed by atoms with E-state index in [0.717, 1.165) is 5.56 Å². The summed E-state index contributed by atoms with van der Waals surface area (Å²) in [4.78, 5) is 25.5. The average Bonchev–Trinajstić information content (AvgIpc) is 2.48. The lowest BCUT2D eigenvalue weighted by Crippen LogP contribution is -2.51. The highest BCUT2D eigenvalue weighted by Gasteiger charge is 2.24. The van der Waals surface area contributed by atoms with Crippen molar-refractivity contribution in [2.24, 2.45) is 0 Å². The summed E-state index contributed by atoms with van der Waals surface area (Å²) in [6.45, 7) is 1.54. The number of nitrogens with zero attached hydrogens (tertiary/aromatic N) is 1. The summed E-state index contributed by atoms with van der Waals surface area (Å²) in [5, 5.41) is 11.6. The molecule has 0 spiro atoms. The maximum Gasteiger partial charge on any atom is 0.240 e. The predicted molar refractivity (Wildman–Crippen MR) is 76.6 cm³/mol. The first-order valence-corrected chi connectivity index (χ1v) is 6.98. The van der Waals surface area contributed by atoms with Gasteiger partial charge < -0.3 is 9.84 Å². The summed E-state index contributed by atoms with van der Waals surface area (Å²) in [6, 6.07) is 9.07. The summed E-state index contributed by atoms with van der Waals surface area (Å²) in [5.74, 6) is -0.670. The number of carbonyl (C=O) groups excluding carboxylic acids is 2. The molecule has 0 aromatic heterocycles. The number of nitrogens with one attached hydrogen (secondary N) is 1. The Kier molecular flexibility index (Phi) is 5.86. The average molecular weight is 292 g/mol. The summed E-state index contributed by atoms with van der Waals surface area (Å²) in [6.07, 6.45) is 0.180. The zero-order chi connectivity index (χ0) is 15.1. The Balaban J connectivity index is 1.79. The fraction of sp³-hybridized carbons (Fsp3) is 0.467. The Morgan fingerprint density at radius 3 is 2.76 bits per heavy atom. The molecule has 1 fully saturated rings. The molecular weight excluding hydrogens is 272 g/mol. The van der Waals surface area contributed by atoms with Crippen LogP contribution in [0.25, 0.3) is 0 Å². The second-order valence-corrected chi connectivity index (χ2v) is 5.02. The Morgan fingerprint density at radius 1 is 1.29 bits per heavy atom. The van der Waals surface area contributed by atoms with E-state index in [2.05, 4.69) is 5.32 Å². The van der Waals surface area contributed by atoms with Gasteiger partial charge in [0, 0.05) is 6.54 Å². The monoisotopic (exact) mass is 292 g/mol. The molecule has 0 saturated carbocycles. The first-order chi connectivity index (χ1) is 10.2. The van der Waals surface area contributed by atoms with Crippen LogP contribution in [-0.4, -0.2) is 60.8 Å². The van der Waals surface area contributed by atoms with E-state index in [1.54, 1.807) is 0 Å². The number of amides is 2. The van der Waals surface area contributed by atoms with E-state index >= 15 is 0 Å². The summed E-state index contributed by atoms with van der Waals surface area (Å²) in [5.41, 5.74) is 0.863. The topological polar surface area (TPSA) is 78.9 Å². The molecule has 6 heteroatoms. The molecule has 0 bridgehead atoms. The van der Waals surface area contributed by atoms with Crippen LogP contribution in [0.1, 0.15) is 5.56 Å². The lowest BCUT2D eigenvalue weighted by Gasteiger charge is -2.33. The van der Waals surface area contributed by atoms with Crippen LogP contribution in [0.4, 0.5) is 0 Å². The van der Waals surface area contributed by atoms with Gasteiger partial charge in [0.15, 0.2) is 0 Å². The van der Waals surface area contributed by atoms with Crippen molar-refractivity contribution in [3.8, 4) is 0 Å². The molecule has 2 amide bonds. The van der Waals surface area contributed by atoms with Crippen molar-refractivity contribution in [1.82, 2.24) is 10.2 Å². The third kappa shape index (κ3) is 4.93. The molecule has 0 aliphatic carbocycles. The Labute approximate surface area is 123 Å². The van der Waals surface area contributed by atoms with Gasteiger partial charge >= 0.3 is 0 Å². The largest absolute Gasteiger partial charge is 0.395 e. The van der Waals surface area contributed by atoms with Crippen LogP contribution < -0.4 is 5.32 Å². The van der Waals surface area contributed by atoms with Gasteiger partial charge in [0.05, 0.1) is 38.8 Å². The molecule has 6 nitrogen and oxygen atoms in total. The van der Waals surface area contributed by atoms with E-state index in [1.165, 1.54) is 0 Å². The highest BCUT2D eigenvalue weighted by Crippen LogP contribution is 2.05. The van der Waals surface area contributed by atoms with Crippen LogP contribution >= 0.6 is 0 Å². The molecule has 1 unspecified atom stereocenters. The van der Waals surface area contributed by atoms with Crippen molar-refractivity contribution in [3.05, 3.63) is 35.9 Å². The molecule has 1 atom stereocenters. The predicted octanol–water partition coefficient (Wildman–Crippen LogP) is -0.435. The standard InChI is InChI=1S/C15H20N2O4/c18-10-13-11-21-7-6-17(13)9-15(20)16-14(19)8-12-4-2-1-3-5-12/h1-5,13,18H,6-11H2,(H,16,19,20). The molecule has 0 radical (unpaired) electrons. The van der Waals surface area contributed by atoms with Gasteiger partial charge in [0.1, 0.15) is 0 Å². The van der Waals surface area contributed by atoms with E-state index in [4.69, 9.17) is 4.74 Å². The molecule has 1 aromatic carbocycles. The van der Waals surface area contributed by atoms with Crippen LogP contribution in [0.3, 0.4) is 0 Å². The van der Waals surface area contributed by atoms with Crippen LogP contribution in [0.5, 0.6) is 0 Å². The first-order valence-electron chi connectivity index (χ1n) is 6.98. The second kappa shape index (κ2) is 7.87. The van der Waals surface area contributed by atoms with Crippen molar-refractivity contribution < 1.29 is 19.4 Å². The smallest absolute Gasteiger partial charge is 0.240 e. The maximum atomic E-state index is 11.9. The van der Waals surface area contributed by atoms with Gasteiger partial charge in [-0.2, -0.15) is 0 Å². The van der Waals surface area contributed by atoms with Crippen molar-refractivity contribution in [3.63, 3.8) is 0 Å². The molecule has 1 heterocycles. The molecule has 1 aliphatic heterocycles. The third-order valence-electron chi connectivity index (χ3n) is 3.39. The summed E-state index contributed by atoms with van der Waals surface area (Å²) >= 11 is 0. The van der Waals surface area contributed by atoms with E-state index in [1.807, 2.05) is 35.2 Å². The maximum absolute atomic E-state index is 11.9. The number of morpholine rings is 1. The Morgan fingerprint density at radius 2 is 2.05 bits per heavy atom. The fourth-order valence-electron chi connectivity index (χ4n) is 2.27. The molecule has 1 saturated heterocycles. The van der Waals surface area contributed by atoms with Gasteiger partial charge in [0.2, 0.25) is 11.8 Å². The van der Waals surface area contributed by atoms with Gasteiger partial charge in [-0.3, -0.25) is 19.8 Å². The number of hydrogen-bond donors (Lipinski definition) is 2. The number of aliphatic hydroxyl groups is 1. The normalized spacial score (nSPS) is 19.2. The minimum Gasteiger partial charge on any atom is -0.395 e. The van der Waals surface area contributed by atoms with Gasteiger partial charge in [0.25, 0.3) is 0 Å². The molecule has 2 N–H and O–H groups in total. The number of carbonyl (C=O) groups is 2. The SMILES string of the molecule is O=C(Cc1ccccc1)NC(=O)CN1CCOCC1CO. The first kappa shape index (κ1) is 15.6. The number of benzene rings is 1. The van der Waals surface area contributed by atoms with E-state index in [0.29, 0.717) is 19.8 Å². The van der Waals surface area contributed by atoms with E-state index in [9.17, 15) is 14.7 Å². The highest BCUT2D eigenvalue weighted by molar-refractivity contribution is 5.96. The van der Waals surface area contributed by atoms with Crippen molar-refractivity contribution in [1.29, 1.82) is 0 Å². The Bertz CT molecular complexity index is 478. The Hall–Kier alpha value is -1.76. The zero-order valence-corrected chi connectivity index (χ0v) is 11.8. The minimum atomic E-state index is -0.351. The fourth-order valence-corrected chi connectivity index (χ4v) is 2.27. The summed E-state index contributed by atoms with van der Waals surface area (Å²) < 4.78 is 5.24. The quantitative estimate of drug-likeness (QED) is 0.769. The van der Waals surface area contributed by atoms with Gasteiger partial charge in [-0.05, 0) is 5.56 Å². The van der Waals surface area contributed by atoms with Crippen molar-refractivity contribution in [2.75, 3.05) is 32.9 Å². The van der Waals surface area contributed by atoms with Crippen LogP contribution in [0.2, 0.25) is 0 Å². The number of rotatable bonds is 5. The molecule has 1 aromatic rings. The number of aliphatic hydroxyl groups excluding tert-OH is 1. The van der Waals surface area contributed by atoms with Gasteiger partial charge in [-0.15, -0.1) is 0 Å². The van der Waals surface area contributed by atoms with E-state index < -0.39 is 0 Å². The van der Waals surface area contributed by atoms with Gasteiger partial charge in [-0.25, -0.2) is 0 Å². The molecule has 114 valence electrons. The molecule has 2 rings (SSSR count). The number of imide groups is 1. The second-order valence-electron chi connectivity index (χ2n) is 5.02. The van der Waals surface area contributed by atoms with Crippen LogP contribution in [0.15, 0.2) is 30.3 Å². The van der Waals surface area contributed by atoms with Crippen LogP contribution in [0, 0.1) is 0 Å². The number of ether oxygens (including phenoxy) is 1. The zero-order valence-electron chi connectivity index (χ0n) is 11.8. The minimum absolute atomic E-state index is 0.0642. The van der Waals surface area contributed by atoms with Crippen molar-refractivity contribution >= 4 is 11.8 Å². The molecule has 1 aliphatic rings. The lowest BCUT2D eigenvalue weighted by atomic mass is 10.1. The molecular formula is C15H20N2O4. The number of hydrogen-bond acceptors (Lipinski definition) is 5.